The highest BCUT2D eigenvalue weighted by molar-refractivity contribution is 7.17. The normalized spacial score (nSPS) is 10.8. The highest BCUT2D eigenvalue weighted by atomic mass is 32.1. The minimum absolute atomic E-state index is 0.159. The molecule has 3 rings (SSSR count). The van der Waals surface area contributed by atoms with E-state index < -0.39 is 0 Å². The van der Waals surface area contributed by atoms with Gasteiger partial charge in [-0.15, -0.1) is 11.3 Å². The molecule has 0 amide bonds. The molecule has 1 N–H and O–H groups in total. The van der Waals surface area contributed by atoms with Crippen LogP contribution in [0.15, 0.2) is 33.6 Å². The molecule has 0 aliphatic carbocycles. The van der Waals surface area contributed by atoms with Gasteiger partial charge in [-0.05, 0) is 29.3 Å². The third-order valence-corrected chi connectivity index (χ3v) is 4.41. The molecule has 0 unspecified atom stereocenters. The molecule has 0 saturated heterocycles. The Balaban J connectivity index is 2.17. The second kappa shape index (κ2) is 5.22. The molecule has 0 aliphatic rings. The Labute approximate surface area is 123 Å². The van der Waals surface area contributed by atoms with Crippen LogP contribution < -0.4 is 5.56 Å². The van der Waals surface area contributed by atoms with Crippen molar-refractivity contribution in [3.05, 3.63) is 45.0 Å². The smallest absolute Gasteiger partial charge is 0.260 e. The molecule has 0 bridgehead atoms. The molecule has 4 nitrogen and oxygen atoms in total. The summed E-state index contributed by atoms with van der Waals surface area (Å²) in [6.45, 7) is 6.12. The molecule has 0 aliphatic heterocycles. The molecule has 20 heavy (non-hydrogen) atoms. The van der Waals surface area contributed by atoms with Crippen molar-refractivity contribution in [2.75, 3.05) is 6.61 Å². The van der Waals surface area contributed by atoms with Crippen LogP contribution in [0, 0.1) is 0 Å². The number of nitrogens with zero attached hydrogens (tertiary/aromatic N) is 1. The van der Waals surface area contributed by atoms with Gasteiger partial charge < -0.3 is 9.72 Å². The summed E-state index contributed by atoms with van der Waals surface area (Å²) in [5.41, 5.74) is 1.81. The molecule has 0 aromatic carbocycles. The van der Waals surface area contributed by atoms with E-state index in [9.17, 15) is 4.79 Å². The van der Waals surface area contributed by atoms with Crippen molar-refractivity contribution in [1.29, 1.82) is 0 Å². The van der Waals surface area contributed by atoms with Gasteiger partial charge in [0.05, 0.1) is 12.0 Å². The molecular formula is C14H12N2O2S2. The van der Waals surface area contributed by atoms with Gasteiger partial charge in [0, 0.05) is 10.9 Å². The number of H-pyrrole nitrogens is 1. The number of hydrogen-bond acceptors (Lipinski definition) is 5. The Morgan fingerprint density at radius 2 is 2.35 bits per heavy atom. The van der Waals surface area contributed by atoms with E-state index in [4.69, 9.17) is 4.74 Å². The van der Waals surface area contributed by atoms with Crippen LogP contribution in [0.4, 0.5) is 0 Å². The lowest BCUT2D eigenvalue weighted by Crippen LogP contribution is -2.11. The number of fused-ring (bicyclic) bond motifs is 1. The molecule has 3 heterocycles. The highest BCUT2D eigenvalue weighted by Gasteiger charge is 2.14. The average molecular weight is 304 g/mol. The first-order valence-corrected chi connectivity index (χ1v) is 7.89. The lowest BCUT2D eigenvalue weighted by Gasteiger charge is -2.05. The summed E-state index contributed by atoms with van der Waals surface area (Å²) in [5, 5.41) is 6.60. The Morgan fingerprint density at radius 1 is 1.50 bits per heavy atom. The van der Waals surface area contributed by atoms with Gasteiger partial charge in [-0.2, -0.15) is 11.3 Å². The number of rotatable bonds is 4. The van der Waals surface area contributed by atoms with Gasteiger partial charge in [0.1, 0.15) is 4.83 Å². The zero-order valence-electron chi connectivity index (χ0n) is 10.8. The Hall–Kier alpha value is -1.92. The van der Waals surface area contributed by atoms with Crippen LogP contribution in [0.1, 0.15) is 12.7 Å². The van der Waals surface area contributed by atoms with Gasteiger partial charge in [-0.3, -0.25) is 4.79 Å². The first-order chi connectivity index (χ1) is 9.70. The van der Waals surface area contributed by atoms with Crippen LogP contribution in [-0.2, 0) is 4.74 Å². The van der Waals surface area contributed by atoms with Crippen molar-refractivity contribution >= 4 is 38.6 Å². The number of aromatic amines is 1. The summed E-state index contributed by atoms with van der Waals surface area (Å²) in [4.78, 5) is 20.2. The number of aromatic nitrogens is 2. The van der Waals surface area contributed by atoms with Crippen LogP contribution in [-0.4, -0.2) is 16.6 Å². The molecule has 3 aromatic rings. The fourth-order valence-electron chi connectivity index (χ4n) is 1.95. The zero-order valence-corrected chi connectivity index (χ0v) is 12.4. The minimum Gasteiger partial charge on any atom is -0.491 e. The molecule has 6 heteroatoms. The van der Waals surface area contributed by atoms with Gasteiger partial charge in [-0.1, -0.05) is 6.58 Å². The molecule has 102 valence electrons. The Kier molecular flexibility index (Phi) is 3.42. The van der Waals surface area contributed by atoms with Crippen molar-refractivity contribution < 1.29 is 4.74 Å². The summed E-state index contributed by atoms with van der Waals surface area (Å²) in [6, 6.07) is 2.00. The van der Waals surface area contributed by atoms with Crippen molar-refractivity contribution in [2.45, 2.75) is 6.92 Å². The van der Waals surface area contributed by atoms with E-state index in [-0.39, 0.29) is 5.56 Å². The monoisotopic (exact) mass is 304 g/mol. The van der Waals surface area contributed by atoms with Crippen LogP contribution in [0.2, 0.25) is 0 Å². The average Bonchev–Trinajstić information content (AvgIpc) is 3.07. The molecular weight excluding hydrogens is 292 g/mol. The van der Waals surface area contributed by atoms with Crippen LogP contribution >= 0.6 is 22.7 Å². The molecule has 0 saturated carbocycles. The maximum absolute atomic E-state index is 12.3. The number of thiophene rings is 2. The zero-order chi connectivity index (χ0) is 14.1. The largest absolute Gasteiger partial charge is 0.491 e. The fourth-order valence-corrected chi connectivity index (χ4v) is 3.56. The van der Waals surface area contributed by atoms with Crippen molar-refractivity contribution in [2.24, 2.45) is 0 Å². The summed E-state index contributed by atoms with van der Waals surface area (Å²) < 4.78 is 5.29. The molecule has 0 fully saturated rings. The predicted molar refractivity (Wildman–Crippen MR) is 84.2 cm³/mol. The summed E-state index contributed by atoms with van der Waals surface area (Å²) in [6.07, 6.45) is 0. The van der Waals surface area contributed by atoms with Crippen LogP contribution in [0.3, 0.4) is 0 Å². The number of nitrogens with one attached hydrogen (secondary N) is 1. The third kappa shape index (κ3) is 2.17. The molecule has 0 atom stereocenters. The van der Waals surface area contributed by atoms with Crippen molar-refractivity contribution in [1.82, 2.24) is 9.97 Å². The molecule has 3 aromatic heterocycles. The van der Waals surface area contributed by atoms with E-state index in [1.54, 1.807) is 11.3 Å². The fraction of sp³-hybridized carbons (Fsp3) is 0.143. The highest BCUT2D eigenvalue weighted by Crippen LogP contribution is 2.32. The first kappa shape index (κ1) is 13.1. The first-order valence-electron chi connectivity index (χ1n) is 6.07. The summed E-state index contributed by atoms with van der Waals surface area (Å²) in [7, 11) is 0. The van der Waals surface area contributed by atoms with Crippen LogP contribution in [0.5, 0.6) is 0 Å². The lowest BCUT2D eigenvalue weighted by molar-refractivity contribution is 0.296. The number of ether oxygens (including phenoxy) is 1. The Morgan fingerprint density at radius 3 is 3.05 bits per heavy atom. The van der Waals surface area contributed by atoms with Gasteiger partial charge >= 0.3 is 0 Å². The molecule has 0 radical (unpaired) electrons. The van der Waals surface area contributed by atoms with Crippen molar-refractivity contribution in [3.8, 4) is 11.1 Å². The minimum atomic E-state index is -0.159. The van der Waals surface area contributed by atoms with E-state index in [2.05, 4.69) is 16.5 Å². The lowest BCUT2D eigenvalue weighted by atomic mass is 10.1. The summed E-state index contributed by atoms with van der Waals surface area (Å²) >= 11 is 3.06. The maximum Gasteiger partial charge on any atom is 0.260 e. The topological polar surface area (TPSA) is 55.0 Å². The predicted octanol–water partition coefficient (Wildman–Crippen LogP) is 3.72. The van der Waals surface area contributed by atoms with Gasteiger partial charge in [0.15, 0.2) is 11.6 Å². The van der Waals surface area contributed by atoms with E-state index in [0.29, 0.717) is 28.4 Å². The van der Waals surface area contributed by atoms with E-state index in [1.165, 1.54) is 11.3 Å². The standard InChI is InChI=1S/C14H12N2O2S2/c1-3-18-8(2)12-15-13(17)11-10(7-20-14(11)16-12)9-4-5-19-6-9/h4-7H,2-3H2,1H3,(H,15,16,17). The van der Waals surface area contributed by atoms with Gasteiger partial charge in [-0.25, -0.2) is 4.98 Å². The third-order valence-electron chi connectivity index (χ3n) is 2.86. The SMILES string of the molecule is C=C(OCC)c1nc2scc(-c3ccsc3)c2c(=O)[nH]1. The number of hydrogen-bond donors (Lipinski definition) is 1. The quantitative estimate of drug-likeness (QED) is 0.747. The van der Waals surface area contributed by atoms with E-state index >= 15 is 0 Å². The van der Waals surface area contributed by atoms with Crippen molar-refractivity contribution in [3.63, 3.8) is 0 Å². The second-order valence-electron chi connectivity index (χ2n) is 4.11. The second-order valence-corrected chi connectivity index (χ2v) is 5.75. The van der Waals surface area contributed by atoms with E-state index in [0.717, 1.165) is 11.1 Å². The van der Waals surface area contributed by atoms with Gasteiger partial charge in [0.25, 0.3) is 5.56 Å². The maximum atomic E-state index is 12.3. The summed E-state index contributed by atoms with van der Waals surface area (Å²) in [5.74, 6) is 0.778. The van der Waals surface area contributed by atoms with E-state index in [1.807, 2.05) is 29.1 Å². The van der Waals surface area contributed by atoms with Crippen LogP contribution in [0.25, 0.3) is 27.1 Å². The Bertz CT molecular complexity index is 815. The van der Waals surface area contributed by atoms with Gasteiger partial charge in [0.2, 0.25) is 0 Å². The molecule has 0 spiro atoms.